The smallest absolute Gasteiger partial charge is 0.406 e. The monoisotopic (exact) mass is 287 g/mol. The summed E-state index contributed by atoms with van der Waals surface area (Å²) in [5.41, 5.74) is 0.767. The second kappa shape index (κ2) is 5.34. The van der Waals surface area contributed by atoms with Gasteiger partial charge in [-0.3, -0.25) is 4.79 Å². The highest BCUT2D eigenvalue weighted by Crippen LogP contribution is 2.39. The zero-order valence-electron chi connectivity index (χ0n) is 11.3. The summed E-state index contributed by atoms with van der Waals surface area (Å²) in [6.45, 7) is 2.41. The Kier molecular flexibility index (Phi) is 3.92. The molecule has 0 aliphatic heterocycles. The third kappa shape index (κ3) is 3.88. The van der Waals surface area contributed by atoms with Gasteiger partial charge in [0.1, 0.15) is 5.75 Å². The quantitative estimate of drug-likeness (QED) is 0.851. The first-order chi connectivity index (χ1) is 9.26. The number of carbonyl (C=O) groups excluding carboxylic acids is 1. The number of amides is 1. The summed E-state index contributed by atoms with van der Waals surface area (Å²) in [5.74, 6) is 0.375. The van der Waals surface area contributed by atoms with Crippen molar-refractivity contribution in [1.29, 1.82) is 0 Å². The molecule has 1 aliphatic rings. The molecule has 2 rings (SSSR count). The van der Waals surface area contributed by atoms with E-state index in [-0.39, 0.29) is 17.6 Å². The zero-order chi connectivity index (χ0) is 14.9. The van der Waals surface area contributed by atoms with Crippen LogP contribution < -0.4 is 4.74 Å². The van der Waals surface area contributed by atoms with Crippen molar-refractivity contribution < 1.29 is 22.7 Å². The van der Waals surface area contributed by atoms with Crippen molar-refractivity contribution in [2.24, 2.45) is 11.8 Å². The molecule has 0 N–H and O–H groups in total. The highest BCUT2D eigenvalue weighted by Gasteiger charge is 2.40. The van der Waals surface area contributed by atoms with Crippen LogP contribution in [0.2, 0.25) is 0 Å². The van der Waals surface area contributed by atoms with E-state index < -0.39 is 6.36 Å². The SMILES string of the molecule is CC1CC1C(=O)N(C)Cc1ccc(OC(F)(F)F)cc1. The van der Waals surface area contributed by atoms with Crippen LogP contribution in [-0.4, -0.2) is 24.2 Å². The van der Waals surface area contributed by atoms with Gasteiger partial charge < -0.3 is 9.64 Å². The van der Waals surface area contributed by atoms with Gasteiger partial charge in [0, 0.05) is 19.5 Å². The lowest BCUT2D eigenvalue weighted by atomic mass is 10.2. The van der Waals surface area contributed by atoms with Gasteiger partial charge in [0.15, 0.2) is 0 Å². The maximum absolute atomic E-state index is 12.0. The van der Waals surface area contributed by atoms with Gasteiger partial charge in [-0.05, 0) is 30.0 Å². The van der Waals surface area contributed by atoms with Crippen LogP contribution in [0.5, 0.6) is 5.75 Å². The summed E-state index contributed by atoms with van der Waals surface area (Å²) in [6.07, 6.45) is -3.77. The molecule has 0 saturated heterocycles. The van der Waals surface area contributed by atoms with Crippen molar-refractivity contribution in [2.45, 2.75) is 26.3 Å². The summed E-state index contributed by atoms with van der Waals surface area (Å²) in [6, 6.07) is 5.56. The van der Waals surface area contributed by atoms with E-state index in [1.807, 2.05) is 6.92 Å². The normalized spacial score (nSPS) is 21.4. The van der Waals surface area contributed by atoms with E-state index in [9.17, 15) is 18.0 Å². The van der Waals surface area contributed by atoms with Crippen LogP contribution >= 0.6 is 0 Å². The molecule has 0 heterocycles. The molecule has 0 aromatic heterocycles. The molecule has 0 bridgehead atoms. The first kappa shape index (κ1) is 14.7. The molecule has 3 nitrogen and oxygen atoms in total. The molecule has 0 spiro atoms. The van der Waals surface area contributed by atoms with Crippen molar-refractivity contribution in [2.75, 3.05) is 7.05 Å². The van der Waals surface area contributed by atoms with Gasteiger partial charge in [0.25, 0.3) is 0 Å². The van der Waals surface area contributed by atoms with Gasteiger partial charge in [-0.15, -0.1) is 13.2 Å². The maximum atomic E-state index is 12.0. The lowest BCUT2D eigenvalue weighted by Crippen LogP contribution is -2.28. The summed E-state index contributed by atoms with van der Waals surface area (Å²) in [7, 11) is 1.70. The van der Waals surface area contributed by atoms with Gasteiger partial charge in [-0.25, -0.2) is 0 Å². The number of carbonyl (C=O) groups is 1. The van der Waals surface area contributed by atoms with Crippen molar-refractivity contribution in [3.05, 3.63) is 29.8 Å². The van der Waals surface area contributed by atoms with E-state index in [0.717, 1.165) is 12.0 Å². The van der Waals surface area contributed by atoms with E-state index >= 15 is 0 Å². The van der Waals surface area contributed by atoms with Crippen molar-refractivity contribution >= 4 is 5.91 Å². The Hall–Kier alpha value is -1.72. The largest absolute Gasteiger partial charge is 0.573 e. The Morgan fingerprint density at radius 1 is 1.35 bits per heavy atom. The molecule has 6 heteroatoms. The highest BCUT2D eigenvalue weighted by atomic mass is 19.4. The Morgan fingerprint density at radius 2 is 1.90 bits per heavy atom. The van der Waals surface area contributed by atoms with E-state index in [1.54, 1.807) is 11.9 Å². The van der Waals surface area contributed by atoms with E-state index in [0.29, 0.717) is 12.5 Å². The van der Waals surface area contributed by atoms with Crippen LogP contribution in [0, 0.1) is 11.8 Å². The molecule has 1 fully saturated rings. The number of ether oxygens (including phenoxy) is 1. The van der Waals surface area contributed by atoms with Crippen molar-refractivity contribution in [3.8, 4) is 5.75 Å². The molecule has 20 heavy (non-hydrogen) atoms. The van der Waals surface area contributed by atoms with Crippen LogP contribution in [0.25, 0.3) is 0 Å². The van der Waals surface area contributed by atoms with Crippen LogP contribution in [0.1, 0.15) is 18.9 Å². The summed E-state index contributed by atoms with van der Waals surface area (Å²) in [4.78, 5) is 13.5. The minimum atomic E-state index is -4.68. The number of benzene rings is 1. The van der Waals surface area contributed by atoms with Crippen LogP contribution in [0.4, 0.5) is 13.2 Å². The number of alkyl halides is 3. The molecule has 2 unspecified atom stereocenters. The Bertz CT molecular complexity index is 484. The number of halogens is 3. The van der Waals surface area contributed by atoms with E-state index in [4.69, 9.17) is 0 Å². The van der Waals surface area contributed by atoms with Crippen LogP contribution in [-0.2, 0) is 11.3 Å². The summed E-state index contributed by atoms with van der Waals surface area (Å²) in [5, 5.41) is 0. The Balaban J connectivity index is 1.91. The number of hydrogen-bond acceptors (Lipinski definition) is 2. The maximum Gasteiger partial charge on any atom is 0.573 e. The van der Waals surface area contributed by atoms with Gasteiger partial charge in [-0.1, -0.05) is 19.1 Å². The molecule has 1 amide bonds. The highest BCUT2D eigenvalue weighted by molar-refractivity contribution is 5.81. The molecular formula is C14H16F3NO2. The van der Waals surface area contributed by atoms with Gasteiger partial charge in [0.05, 0.1) is 0 Å². The van der Waals surface area contributed by atoms with E-state index in [1.165, 1.54) is 24.3 Å². The first-order valence-corrected chi connectivity index (χ1v) is 6.36. The molecule has 1 saturated carbocycles. The average Bonchev–Trinajstić information content (AvgIpc) is 3.06. The molecule has 110 valence electrons. The summed E-state index contributed by atoms with van der Waals surface area (Å²) >= 11 is 0. The lowest BCUT2D eigenvalue weighted by molar-refractivity contribution is -0.274. The first-order valence-electron chi connectivity index (χ1n) is 6.36. The average molecular weight is 287 g/mol. The van der Waals surface area contributed by atoms with Gasteiger partial charge in [0.2, 0.25) is 5.91 Å². The van der Waals surface area contributed by atoms with Gasteiger partial charge >= 0.3 is 6.36 Å². The number of rotatable bonds is 4. The zero-order valence-corrected chi connectivity index (χ0v) is 11.3. The van der Waals surface area contributed by atoms with Crippen molar-refractivity contribution in [1.82, 2.24) is 4.90 Å². The summed E-state index contributed by atoms with van der Waals surface area (Å²) < 4.78 is 39.8. The number of hydrogen-bond donors (Lipinski definition) is 0. The minimum Gasteiger partial charge on any atom is -0.406 e. The predicted molar refractivity (Wildman–Crippen MR) is 66.9 cm³/mol. The van der Waals surface area contributed by atoms with Gasteiger partial charge in [-0.2, -0.15) is 0 Å². The third-order valence-electron chi connectivity index (χ3n) is 3.38. The Morgan fingerprint density at radius 3 is 2.35 bits per heavy atom. The second-order valence-corrected chi connectivity index (χ2v) is 5.21. The van der Waals surface area contributed by atoms with Crippen LogP contribution in [0.3, 0.4) is 0 Å². The standard InChI is InChI=1S/C14H16F3NO2/c1-9-7-12(9)13(19)18(2)8-10-3-5-11(6-4-10)20-14(15,16)17/h3-6,9,12H,7-8H2,1-2H3. The Labute approximate surface area is 115 Å². The third-order valence-corrected chi connectivity index (χ3v) is 3.38. The lowest BCUT2D eigenvalue weighted by Gasteiger charge is -2.17. The topological polar surface area (TPSA) is 29.5 Å². The fourth-order valence-corrected chi connectivity index (χ4v) is 2.10. The molecule has 1 aromatic rings. The molecule has 1 aliphatic carbocycles. The molecule has 1 aromatic carbocycles. The molecular weight excluding hydrogens is 271 g/mol. The molecule has 2 atom stereocenters. The van der Waals surface area contributed by atoms with Crippen molar-refractivity contribution in [3.63, 3.8) is 0 Å². The minimum absolute atomic E-state index is 0.0909. The fourth-order valence-electron chi connectivity index (χ4n) is 2.10. The molecule has 0 radical (unpaired) electrons. The number of nitrogens with zero attached hydrogens (tertiary/aromatic N) is 1. The fraction of sp³-hybridized carbons (Fsp3) is 0.500. The predicted octanol–water partition coefficient (Wildman–Crippen LogP) is 3.20. The second-order valence-electron chi connectivity index (χ2n) is 5.21. The van der Waals surface area contributed by atoms with E-state index in [2.05, 4.69) is 4.74 Å². The van der Waals surface area contributed by atoms with Crippen LogP contribution in [0.15, 0.2) is 24.3 Å².